The van der Waals surface area contributed by atoms with Gasteiger partial charge < -0.3 is 14.5 Å². The number of hydrogen-bond donors (Lipinski definition) is 0. The van der Waals surface area contributed by atoms with Gasteiger partial charge in [0.25, 0.3) is 5.91 Å². The van der Waals surface area contributed by atoms with Crippen LogP contribution in [0.1, 0.15) is 13.8 Å². The highest BCUT2D eigenvalue weighted by Gasteiger charge is 2.54. The maximum atomic E-state index is 13.1. The quantitative estimate of drug-likeness (QED) is 0.695. The monoisotopic (exact) mass is 417 g/mol. The van der Waals surface area contributed by atoms with E-state index < -0.39 is 36.7 Å². The molecule has 1 aromatic carbocycles. The van der Waals surface area contributed by atoms with E-state index in [4.69, 9.17) is 16.3 Å². The molecule has 9 nitrogen and oxygen atoms in total. The van der Waals surface area contributed by atoms with Crippen molar-refractivity contribution in [3.05, 3.63) is 41.2 Å². The lowest BCUT2D eigenvalue weighted by Gasteiger charge is -2.39. The molecular weight excluding hydrogens is 398 g/mol. The summed E-state index contributed by atoms with van der Waals surface area (Å²) in [4.78, 5) is 48.3. The Morgan fingerprint density at radius 1 is 1.24 bits per heavy atom. The maximum Gasteiger partial charge on any atom is 0.328 e. The predicted octanol–water partition coefficient (Wildman–Crippen LogP) is 1.84. The summed E-state index contributed by atoms with van der Waals surface area (Å²) in [5.41, 5.74) is 1.71. The number of imide groups is 1. The molecule has 0 N–H and O–H groups in total. The molecule has 2 unspecified atom stereocenters. The lowest BCUT2D eigenvalue weighted by atomic mass is 10.1. The number of hydrogen-bond acceptors (Lipinski definition) is 7. The van der Waals surface area contributed by atoms with Crippen molar-refractivity contribution in [1.82, 2.24) is 14.7 Å². The molecule has 3 heterocycles. The molecule has 0 spiro atoms. The molecule has 0 radical (unpaired) electrons. The Bertz CT molecular complexity index is 944. The zero-order valence-corrected chi connectivity index (χ0v) is 17.0. The number of allylic oxidation sites excluding steroid dienone is 1. The molecule has 10 heteroatoms. The maximum absolute atomic E-state index is 13.1. The van der Waals surface area contributed by atoms with Crippen LogP contribution in [0, 0.1) is 0 Å². The third-order valence-electron chi connectivity index (χ3n) is 5.07. The Morgan fingerprint density at radius 3 is 2.59 bits per heavy atom. The Kier molecular flexibility index (Phi) is 4.70. The lowest BCUT2D eigenvalue weighted by Crippen LogP contribution is -2.65. The molecule has 1 saturated heterocycles. The number of nitrogens with zero attached hydrogens (tertiary/aromatic N) is 5. The van der Waals surface area contributed by atoms with Crippen molar-refractivity contribution in [2.24, 2.45) is 4.99 Å². The Hall–Kier alpha value is -3.07. The van der Waals surface area contributed by atoms with E-state index in [1.54, 1.807) is 31.0 Å². The summed E-state index contributed by atoms with van der Waals surface area (Å²) < 4.78 is 4.90. The third-order valence-corrected chi connectivity index (χ3v) is 5.32. The van der Waals surface area contributed by atoms with Crippen LogP contribution in [-0.2, 0) is 14.3 Å². The standard InChI is InChI=1S/C19H20ClN5O4/c1-4-29-14(26)10-24-17(27)15-16(22(3)19(24)28)21-18-23(15)9-11(2)25(18)13-7-5-12(20)6-8-13/h5-9,15-16H,4,10H2,1-3H3. The molecule has 0 aromatic heterocycles. The first-order valence-electron chi connectivity index (χ1n) is 9.17. The van der Waals surface area contributed by atoms with Crippen molar-refractivity contribution < 1.29 is 19.1 Å². The first-order valence-corrected chi connectivity index (χ1v) is 9.55. The fourth-order valence-electron chi connectivity index (χ4n) is 3.74. The van der Waals surface area contributed by atoms with Crippen molar-refractivity contribution in [2.45, 2.75) is 26.1 Å². The normalized spacial score (nSPS) is 23.2. The van der Waals surface area contributed by atoms with E-state index in [0.717, 1.165) is 16.3 Å². The van der Waals surface area contributed by atoms with E-state index in [9.17, 15) is 14.4 Å². The number of carbonyl (C=O) groups excluding carboxylic acids is 3. The van der Waals surface area contributed by atoms with Crippen molar-refractivity contribution in [2.75, 3.05) is 25.1 Å². The van der Waals surface area contributed by atoms with Crippen LogP contribution in [0.4, 0.5) is 10.5 Å². The van der Waals surface area contributed by atoms with Crippen molar-refractivity contribution in [3.63, 3.8) is 0 Å². The van der Waals surface area contributed by atoms with Crippen molar-refractivity contribution >= 4 is 41.2 Å². The minimum absolute atomic E-state index is 0.175. The number of amides is 3. The van der Waals surface area contributed by atoms with Crippen LogP contribution in [-0.4, -0.2) is 71.0 Å². The average Bonchev–Trinajstić information content (AvgIpc) is 3.19. The van der Waals surface area contributed by atoms with Gasteiger partial charge in [-0.1, -0.05) is 11.6 Å². The molecule has 3 aliphatic heterocycles. The highest BCUT2D eigenvalue weighted by atomic mass is 35.5. The Balaban J connectivity index is 1.65. The minimum Gasteiger partial charge on any atom is -0.465 e. The first kappa shape index (κ1) is 19.3. The van der Waals surface area contributed by atoms with Crippen LogP contribution < -0.4 is 4.90 Å². The summed E-state index contributed by atoms with van der Waals surface area (Å²) >= 11 is 5.99. The summed E-state index contributed by atoms with van der Waals surface area (Å²) in [5.74, 6) is -0.561. The van der Waals surface area contributed by atoms with E-state index in [2.05, 4.69) is 4.99 Å². The number of urea groups is 1. The van der Waals surface area contributed by atoms with E-state index in [0.29, 0.717) is 11.0 Å². The highest BCUT2D eigenvalue weighted by molar-refractivity contribution is 6.30. The SMILES string of the molecule is CCOC(=O)CN1C(=O)C2C(N=C3N(c4ccc(Cl)cc4)C(C)=CN32)N(C)C1=O. The summed E-state index contributed by atoms with van der Waals surface area (Å²) in [5, 5.41) is 0.614. The minimum atomic E-state index is -0.741. The second-order valence-electron chi connectivity index (χ2n) is 6.90. The van der Waals surface area contributed by atoms with Gasteiger partial charge in [0.05, 0.1) is 6.61 Å². The molecule has 29 heavy (non-hydrogen) atoms. The Labute approximate surface area is 172 Å². The molecule has 1 aromatic rings. The number of benzene rings is 1. The number of fused-ring (bicyclic) bond motifs is 3. The van der Waals surface area contributed by atoms with Crippen LogP contribution in [0.3, 0.4) is 0 Å². The number of carbonyl (C=O) groups is 3. The smallest absolute Gasteiger partial charge is 0.328 e. The van der Waals surface area contributed by atoms with Gasteiger partial charge in [-0.25, -0.2) is 9.79 Å². The lowest BCUT2D eigenvalue weighted by molar-refractivity contribution is -0.150. The number of ether oxygens (including phenoxy) is 1. The molecule has 3 amide bonds. The van der Waals surface area contributed by atoms with E-state index in [1.807, 2.05) is 30.2 Å². The number of aliphatic imine (C=N–C) groups is 1. The number of likely N-dealkylation sites (N-methyl/N-ethyl adjacent to an activating group) is 1. The van der Waals surface area contributed by atoms with Gasteiger partial charge in [0.15, 0.2) is 12.2 Å². The number of esters is 1. The molecule has 0 bridgehead atoms. The summed E-state index contributed by atoms with van der Waals surface area (Å²) in [6, 6.07) is 5.95. The van der Waals surface area contributed by atoms with E-state index >= 15 is 0 Å². The van der Waals surface area contributed by atoms with Crippen LogP contribution in [0.2, 0.25) is 5.02 Å². The van der Waals surface area contributed by atoms with Gasteiger partial charge in [0, 0.05) is 29.7 Å². The van der Waals surface area contributed by atoms with Crippen molar-refractivity contribution in [3.8, 4) is 0 Å². The number of rotatable bonds is 4. The molecule has 4 rings (SSSR count). The summed E-state index contributed by atoms with van der Waals surface area (Å²) in [7, 11) is 1.57. The second-order valence-corrected chi connectivity index (χ2v) is 7.34. The van der Waals surface area contributed by atoms with Gasteiger partial charge in [0.1, 0.15) is 6.54 Å². The predicted molar refractivity (Wildman–Crippen MR) is 106 cm³/mol. The van der Waals surface area contributed by atoms with Gasteiger partial charge in [-0.15, -0.1) is 0 Å². The highest BCUT2D eigenvalue weighted by Crippen LogP contribution is 2.36. The molecule has 3 aliphatic rings. The van der Waals surface area contributed by atoms with Crippen LogP contribution in [0.15, 0.2) is 41.2 Å². The molecular formula is C19H20ClN5O4. The fourth-order valence-corrected chi connectivity index (χ4v) is 3.87. The number of anilines is 1. The van der Waals surface area contributed by atoms with Gasteiger partial charge in [-0.3, -0.25) is 19.4 Å². The van der Waals surface area contributed by atoms with E-state index in [1.165, 1.54) is 4.90 Å². The van der Waals surface area contributed by atoms with E-state index in [-0.39, 0.29) is 6.61 Å². The molecule has 152 valence electrons. The average molecular weight is 418 g/mol. The first-order chi connectivity index (χ1) is 13.8. The fraction of sp³-hybridized carbons (Fsp3) is 0.368. The van der Waals surface area contributed by atoms with Crippen LogP contribution in [0.5, 0.6) is 0 Å². The molecule has 2 atom stereocenters. The number of guanidine groups is 1. The van der Waals surface area contributed by atoms with Crippen LogP contribution >= 0.6 is 11.6 Å². The zero-order chi connectivity index (χ0) is 20.9. The zero-order valence-electron chi connectivity index (χ0n) is 16.2. The van der Waals surface area contributed by atoms with Gasteiger partial charge in [0.2, 0.25) is 5.96 Å². The molecule has 0 saturated carbocycles. The molecule has 1 fully saturated rings. The summed E-state index contributed by atoms with van der Waals surface area (Å²) in [6.07, 6.45) is 1.14. The van der Waals surface area contributed by atoms with Crippen molar-refractivity contribution in [1.29, 1.82) is 0 Å². The summed E-state index contributed by atoms with van der Waals surface area (Å²) in [6.45, 7) is 3.32. The van der Waals surface area contributed by atoms with Gasteiger partial charge >= 0.3 is 12.0 Å². The van der Waals surface area contributed by atoms with Crippen LogP contribution in [0.25, 0.3) is 0 Å². The molecule has 0 aliphatic carbocycles. The van der Waals surface area contributed by atoms with Gasteiger partial charge in [-0.05, 0) is 38.1 Å². The third kappa shape index (κ3) is 3.02. The number of halogens is 1. The van der Waals surface area contributed by atoms with Gasteiger partial charge in [-0.2, -0.15) is 0 Å². The second kappa shape index (κ2) is 7.07. The largest absolute Gasteiger partial charge is 0.465 e. The topological polar surface area (TPSA) is 85.8 Å². The Morgan fingerprint density at radius 2 is 1.93 bits per heavy atom.